The number of rotatable bonds is 7. The van der Waals surface area contributed by atoms with Gasteiger partial charge in [0.25, 0.3) is 0 Å². The minimum Gasteiger partial charge on any atom is -0.399 e. The highest BCUT2D eigenvalue weighted by Gasteiger charge is 2.09. The molecule has 7 heteroatoms. The van der Waals surface area contributed by atoms with Crippen molar-refractivity contribution in [3.05, 3.63) is 48.3 Å². The zero-order valence-corrected chi connectivity index (χ0v) is 12.6. The van der Waals surface area contributed by atoms with Gasteiger partial charge in [0.1, 0.15) is 5.69 Å². The number of halogens is 1. The van der Waals surface area contributed by atoms with Crippen molar-refractivity contribution in [1.82, 2.24) is 0 Å². The maximum absolute atomic E-state index is 14.1. The SMILES string of the molecule is Nc1ccc(/N=N/c2ccc(N(CCO)CCO)cc2F)cc1. The molecule has 0 radical (unpaired) electrons. The van der Waals surface area contributed by atoms with Crippen molar-refractivity contribution in [2.75, 3.05) is 36.9 Å². The minimum absolute atomic E-state index is 0.0831. The van der Waals surface area contributed by atoms with E-state index in [2.05, 4.69) is 10.2 Å². The van der Waals surface area contributed by atoms with E-state index in [1.165, 1.54) is 12.1 Å². The van der Waals surface area contributed by atoms with Gasteiger partial charge in [-0.2, -0.15) is 5.11 Å². The maximum Gasteiger partial charge on any atom is 0.152 e. The molecule has 0 unspecified atom stereocenters. The highest BCUT2D eigenvalue weighted by molar-refractivity contribution is 5.54. The first-order valence-corrected chi connectivity index (χ1v) is 7.17. The molecule has 0 fully saturated rings. The van der Waals surface area contributed by atoms with Gasteiger partial charge in [0.15, 0.2) is 5.82 Å². The van der Waals surface area contributed by atoms with Crippen LogP contribution in [0, 0.1) is 5.82 Å². The molecular weight excluding hydrogens is 299 g/mol. The summed E-state index contributed by atoms with van der Waals surface area (Å²) in [6.45, 7) is 0.457. The van der Waals surface area contributed by atoms with Gasteiger partial charge in [-0.3, -0.25) is 0 Å². The Morgan fingerprint density at radius 3 is 2.17 bits per heavy atom. The van der Waals surface area contributed by atoms with Crippen LogP contribution in [0.1, 0.15) is 0 Å². The molecule has 0 aliphatic heterocycles. The number of azo groups is 1. The fourth-order valence-corrected chi connectivity index (χ4v) is 2.04. The standard InChI is InChI=1S/C16H19FN4O2/c17-15-11-14(21(7-9-22)8-10-23)5-6-16(15)20-19-13-3-1-12(18)2-4-13/h1-6,11,22-23H,7-10,18H2/b20-19+. The zero-order valence-electron chi connectivity index (χ0n) is 12.6. The fraction of sp³-hybridized carbons (Fsp3) is 0.250. The van der Waals surface area contributed by atoms with Crippen molar-refractivity contribution in [2.24, 2.45) is 10.2 Å². The van der Waals surface area contributed by atoms with Gasteiger partial charge in [0, 0.05) is 24.5 Å². The third-order valence-corrected chi connectivity index (χ3v) is 3.20. The lowest BCUT2D eigenvalue weighted by molar-refractivity contribution is 0.281. The van der Waals surface area contributed by atoms with Gasteiger partial charge in [-0.1, -0.05) is 0 Å². The van der Waals surface area contributed by atoms with E-state index in [4.69, 9.17) is 15.9 Å². The van der Waals surface area contributed by atoms with Crippen LogP contribution in [0.4, 0.5) is 27.1 Å². The molecule has 122 valence electrons. The van der Waals surface area contributed by atoms with E-state index in [-0.39, 0.29) is 18.9 Å². The Kier molecular flexibility index (Phi) is 6.02. The Labute approximate surface area is 133 Å². The van der Waals surface area contributed by atoms with Crippen molar-refractivity contribution >= 4 is 22.7 Å². The number of aliphatic hydroxyl groups excluding tert-OH is 2. The van der Waals surface area contributed by atoms with Crippen molar-refractivity contribution in [1.29, 1.82) is 0 Å². The molecule has 0 bridgehead atoms. The van der Waals surface area contributed by atoms with Gasteiger partial charge in [0.05, 0.1) is 18.9 Å². The molecular formula is C16H19FN4O2. The molecule has 2 rings (SSSR count). The van der Waals surface area contributed by atoms with E-state index in [0.29, 0.717) is 30.2 Å². The summed E-state index contributed by atoms with van der Waals surface area (Å²) in [6, 6.07) is 11.2. The number of anilines is 2. The summed E-state index contributed by atoms with van der Waals surface area (Å²) in [5.74, 6) is -0.525. The lowest BCUT2D eigenvalue weighted by Crippen LogP contribution is -2.29. The third kappa shape index (κ3) is 4.73. The van der Waals surface area contributed by atoms with Crippen LogP contribution < -0.4 is 10.6 Å². The molecule has 0 heterocycles. The number of hydrogen-bond donors (Lipinski definition) is 3. The van der Waals surface area contributed by atoms with E-state index in [9.17, 15) is 4.39 Å². The van der Waals surface area contributed by atoms with Gasteiger partial charge in [-0.05, 0) is 42.5 Å². The number of nitrogens with two attached hydrogens (primary N) is 1. The molecule has 0 spiro atoms. The normalized spacial score (nSPS) is 11.1. The van der Waals surface area contributed by atoms with Crippen LogP contribution in [-0.2, 0) is 0 Å². The maximum atomic E-state index is 14.1. The highest BCUT2D eigenvalue weighted by Crippen LogP contribution is 2.26. The second kappa shape index (κ2) is 8.21. The predicted molar refractivity (Wildman–Crippen MR) is 87.8 cm³/mol. The summed E-state index contributed by atoms with van der Waals surface area (Å²) in [6.07, 6.45) is 0. The molecule has 0 aromatic heterocycles. The summed E-state index contributed by atoms with van der Waals surface area (Å²) >= 11 is 0. The Bertz CT molecular complexity index is 656. The van der Waals surface area contributed by atoms with E-state index in [1.54, 1.807) is 35.2 Å². The van der Waals surface area contributed by atoms with Crippen LogP contribution in [0.2, 0.25) is 0 Å². The van der Waals surface area contributed by atoms with Crippen molar-refractivity contribution in [2.45, 2.75) is 0 Å². The number of nitrogens with zero attached hydrogens (tertiary/aromatic N) is 3. The van der Waals surface area contributed by atoms with E-state index in [1.807, 2.05) is 0 Å². The van der Waals surface area contributed by atoms with Gasteiger partial charge >= 0.3 is 0 Å². The number of aliphatic hydroxyl groups is 2. The Morgan fingerprint density at radius 1 is 0.957 bits per heavy atom. The first-order valence-electron chi connectivity index (χ1n) is 7.17. The lowest BCUT2D eigenvalue weighted by atomic mass is 10.2. The van der Waals surface area contributed by atoms with Crippen molar-refractivity contribution in [3.8, 4) is 0 Å². The van der Waals surface area contributed by atoms with Crippen LogP contribution in [0.3, 0.4) is 0 Å². The summed E-state index contributed by atoms with van der Waals surface area (Å²) < 4.78 is 14.1. The minimum atomic E-state index is -0.525. The van der Waals surface area contributed by atoms with Crippen LogP contribution in [0.5, 0.6) is 0 Å². The fourth-order valence-electron chi connectivity index (χ4n) is 2.04. The lowest BCUT2D eigenvalue weighted by Gasteiger charge is -2.23. The highest BCUT2D eigenvalue weighted by atomic mass is 19.1. The van der Waals surface area contributed by atoms with E-state index >= 15 is 0 Å². The average Bonchev–Trinajstić information content (AvgIpc) is 2.55. The Hall–Kier alpha value is -2.51. The summed E-state index contributed by atoms with van der Waals surface area (Å²) in [4.78, 5) is 1.68. The molecule has 6 nitrogen and oxygen atoms in total. The van der Waals surface area contributed by atoms with Crippen LogP contribution in [-0.4, -0.2) is 36.5 Å². The smallest absolute Gasteiger partial charge is 0.152 e. The Morgan fingerprint density at radius 2 is 1.61 bits per heavy atom. The number of nitrogen functional groups attached to an aromatic ring is 1. The molecule has 4 N–H and O–H groups in total. The molecule has 0 atom stereocenters. The van der Waals surface area contributed by atoms with E-state index < -0.39 is 5.82 Å². The predicted octanol–water partition coefficient (Wildman–Crippen LogP) is 2.61. The topological polar surface area (TPSA) is 94.4 Å². The molecule has 0 saturated heterocycles. The van der Waals surface area contributed by atoms with Crippen molar-refractivity contribution in [3.63, 3.8) is 0 Å². The Balaban J connectivity index is 2.16. The quantitative estimate of drug-likeness (QED) is 0.540. The zero-order chi connectivity index (χ0) is 16.7. The third-order valence-electron chi connectivity index (χ3n) is 3.20. The monoisotopic (exact) mass is 318 g/mol. The largest absolute Gasteiger partial charge is 0.399 e. The summed E-state index contributed by atoms with van der Waals surface area (Å²) in [5.41, 5.74) is 7.45. The van der Waals surface area contributed by atoms with Crippen molar-refractivity contribution < 1.29 is 14.6 Å². The van der Waals surface area contributed by atoms with Gasteiger partial charge in [0.2, 0.25) is 0 Å². The average molecular weight is 318 g/mol. The first kappa shape index (κ1) is 16.9. The molecule has 23 heavy (non-hydrogen) atoms. The number of hydrogen-bond acceptors (Lipinski definition) is 6. The van der Waals surface area contributed by atoms with Gasteiger partial charge in [-0.15, -0.1) is 5.11 Å². The van der Waals surface area contributed by atoms with Crippen LogP contribution in [0.15, 0.2) is 52.7 Å². The summed E-state index contributed by atoms with van der Waals surface area (Å²) in [5, 5.41) is 25.9. The van der Waals surface area contributed by atoms with Gasteiger partial charge in [-0.25, -0.2) is 4.39 Å². The second-order valence-electron chi connectivity index (χ2n) is 4.86. The van der Waals surface area contributed by atoms with Crippen LogP contribution >= 0.6 is 0 Å². The van der Waals surface area contributed by atoms with Gasteiger partial charge < -0.3 is 20.8 Å². The first-order chi connectivity index (χ1) is 11.1. The molecule has 0 amide bonds. The second-order valence-corrected chi connectivity index (χ2v) is 4.86. The molecule has 0 aliphatic rings. The molecule has 2 aromatic carbocycles. The molecule has 0 aliphatic carbocycles. The molecule has 0 saturated carbocycles. The van der Waals surface area contributed by atoms with Crippen LogP contribution in [0.25, 0.3) is 0 Å². The summed E-state index contributed by atoms with van der Waals surface area (Å²) in [7, 11) is 0. The van der Waals surface area contributed by atoms with E-state index in [0.717, 1.165) is 0 Å². The number of benzene rings is 2. The molecule has 2 aromatic rings.